The van der Waals surface area contributed by atoms with Crippen molar-refractivity contribution in [3.63, 3.8) is 0 Å². The van der Waals surface area contributed by atoms with E-state index in [0.717, 1.165) is 66.0 Å². The molecule has 1 fully saturated rings. The lowest BCUT2D eigenvalue weighted by Crippen LogP contribution is -2.45. The molecule has 8 heteroatoms. The fourth-order valence-electron chi connectivity index (χ4n) is 6.74. The molecule has 8 nitrogen and oxygen atoms in total. The van der Waals surface area contributed by atoms with Crippen LogP contribution in [0.3, 0.4) is 0 Å². The molecule has 1 amide bonds. The maximum atomic E-state index is 14.0. The van der Waals surface area contributed by atoms with E-state index < -0.39 is 11.9 Å². The summed E-state index contributed by atoms with van der Waals surface area (Å²) in [4.78, 5) is 31.0. The lowest BCUT2D eigenvalue weighted by atomic mass is 9.83. The van der Waals surface area contributed by atoms with Gasteiger partial charge in [-0.05, 0) is 60.6 Å². The summed E-state index contributed by atoms with van der Waals surface area (Å²) in [5.41, 5.74) is 4.11. The highest BCUT2D eigenvalue weighted by atomic mass is 16.5. The Morgan fingerprint density at radius 3 is 2.74 bits per heavy atom. The lowest BCUT2D eigenvalue weighted by Gasteiger charge is -2.29. The fourth-order valence-corrected chi connectivity index (χ4v) is 6.74. The molecule has 1 aromatic heterocycles. The van der Waals surface area contributed by atoms with Crippen LogP contribution < -0.4 is 18.9 Å². The van der Waals surface area contributed by atoms with Crippen LogP contribution in [-0.2, 0) is 29.5 Å². The second kappa shape index (κ2) is 14.0. The summed E-state index contributed by atoms with van der Waals surface area (Å²) >= 11 is 0. The average molecular weight is 587 g/mol. The van der Waals surface area contributed by atoms with E-state index in [-0.39, 0.29) is 24.4 Å². The number of nitrogens with zero attached hydrogens (tertiary/aromatic N) is 3. The number of para-hydroxylation sites is 1. The van der Waals surface area contributed by atoms with Crippen LogP contribution in [0.4, 0.5) is 5.69 Å². The zero-order chi connectivity index (χ0) is 30.3. The van der Waals surface area contributed by atoms with E-state index >= 15 is 0 Å². The zero-order valence-electron chi connectivity index (χ0n) is 25.6. The standard InChI is InChI=1S/C35H43N3O5/c1-4-5-19-38(28-12-9-18-36(2)22-28)33(39)24-37-23-29(26-15-16-32-27(21-26)17-20-43-32)34(35(40)41)30(37)13-8-11-25-10-6-7-14-31(25)42-3/h6-7,9-10,12,14-16,18,21-22,29-30,34H,4-5,8,11,13,17,19-20,23-24H2,1-3H3/p+1/t29-,30+,34?/m1/s1. The first-order chi connectivity index (χ1) is 20.9. The second-order valence-electron chi connectivity index (χ2n) is 11.8. The second-order valence-corrected chi connectivity index (χ2v) is 11.8. The van der Waals surface area contributed by atoms with Gasteiger partial charge in [0.05, 0.1) is 26.2 Å². The minimum atomic E-state index is -0.808. The van der Waals surface area contributed by atoms with E-state index in [1.54, 1.807) is 7.11 Å². The number of anilines is 1. The number of aryl methyl sites for hydroxylation is 2. The van der Waals surface area contributed by atoms with E-state index in [2.05, 4.69) is 24.0 Å². The third-order valence-electron chi connectivity index (χ3n) is 8.92. The van der Waals surface area contributed by atoms with Crippen molar-refractivity contribution in [2.45, 2.75) is 57.4 Å². The van der Waals surface area contributed by atoms with Crippen molar-refractivity contribution in [1.82, 2.24) is 4.90 Å². The molecule has 5 rings (SSSR count). The third-order valence-corrected chi connectivity index (χ3v) is 8.92. The summed E-state index contributed by atoms with van der Waals surface area (Å²) in [6, 6.07) is 17.7. The smallest absolute Gasteiger partial charge is 0.308 e. The van der Waals surface area contributed by atoms with Crippen LogP contribution in [0.25, 0.3) is 0 Å². The highest BCUT2D eigenvalue weighted by molar-refractivity contribution is 5.94. The Bertz CT molecular complexity index is 1430. The van der Waals surface area contributed by atoms with Crippen molar-refractivity contribution in [2.75, 3.05) is 38.3 Å². The molecular weight excluding hydrogens is 542 g/mol. The number of hydrogen-bond donors (Lipinski definition) is 1. The minimum Gasteiger partial charge on any atom is -0.496 e. The van der Waals surface area contributed by atoms with Gasteiger partial charge in [-0.1, -0.05) is 43.7 Å². The number of fused-ring (bicyclic) bond motifs is 1. The van der Waals surface area contributed by atoms with Crippen molar-refractivity contribution < 1.29 is 28.7 Å². The van der Waals surface area contributed by atoms with Crippen LogP contribution in [0, 0.1) is 5.92 Å². The highest BCUT2D eigenvalue weighted by Gasteiger charge is 2.47. The van der Waals surface area contributed by atoms with Gasteiger partial charge in [0, 0.05) is 37.5 Å². The quantitative estimate of drug-likeness (QED) is 0.291. The number of aliphatic carboxylic acids is 1. The molecule has 1 unspecified atom stereocenters. The van der Waals surface area contributed by atoms with Crippen LogP contribution >= 0.6 is 0 Å². The van der Waals surface area contributed by atoms with Crippen LogP contribution in [0.2, 0.25) is 0 Å². The van der Waals surface area contributed by atoms with E-state index in [0.29, 0.717) is 26.1 Å². The van der Waals surface area contributed by atoms with Crippen molar-refractivity contribution >= 4 is 17.6 Å². The molecule has 2 aliphatic heterocycles. The summed E-state index contributed by atoms with van der Waals surface area (Å²) in [5.74, 6) is 0.0853. The number of pyridine rings is 1. The predicted octanol–water partition coefficient (Wildman–Crippen LogP) is 4.78. The van der Waals surface area contributed by atoms with Gasteiger partial charge in [0.15, 0.2) is 12.4 Å². The number of carboxylic acids is 1. The molecule has 228 valence electrons. The van der Waals surface area contributed by atoms with E-state index in [1.807, 2.05) is 71.4 Å². The van der Waals surface area contributed by atoms with E-state index in [4.69, 9.17) is 9.47 Å². The molecular formula is C35H44N3O5+. The van der Waals surface area contributed by atoms with Gasteiger partial charge >= 0.3 is 5.97 Å². The van der Waals surface area contributed by atoms with Crippen LogP contribution in [0.5, 0.6) is 11.5 Å². The maximum absolute atomic E-state index is 14.0. The first-order valence-electron chi connectivity index (χ1n) is 15.5. The Balaban J connectivity index is 1.42. The number of hydrogen-bond acceptors (Lipinski definition) is 5. The summed E-state index contributed by atoms with van der Waals surface area (Å²) < 4.78 is 13.2. The Labute approximate surface area is 254 Å². The number of carboxylic acid groups (broad SMARTS) is 1. The van der Waals surface area contributed by atoms with Crippen molar-refractivity contribution in [1.29, 1.82) is 0 Å². The molecule has 0 bridgehead atoms. The number of unbranched alkanes of at least 4 members (excludes halogenated alkanes) is 1. The van der Waals surface area contributed by atoms with E-state index in [9.17, 15) is 14.7 Å². The summed E-state index contributed by atoms with van der Waals surface area (Å²) in [6.07, 6.45) is 8.86. The molecule has 0 aliphatic carbocycles. The molecule has 3 atom stereocenters. The van der Waals surface area contributed by atoms with Gasteiger partial charge in [-0.15, -0.1) is 0 Å². The maximum Gasteiger partial charge on any atom is 0.308 e. The number of ether oxygens (including phenoxy) is 2. The number of methoxy groups -OCH3 is 1. The molecule has 0 spiro atoms. The molecule has 3 aromatic rings. The predicted molar refractivity (Wildman–Crippen MR) is 166 cm³/mol. The molecule has 43 heavy (non-hydrogen) atoms. The molecule has 3 heterocycles. The SMILES string of the molecule is CCCCN(C(=O)CN1C[C@H](c2ccc3c(c2)CCO3)C(C(=O)O)[C@@H]1CCCc1ccccc1OC)c1ccc[n+](C)c1. The largest absolute Gasteiger partial charge is 0.496 e. The Morgan fingerprint density at radius 2 is 1.98 bits per heavy atom. The summed E-state index contributed by atoms with van der Waals surface area (Å²) in [6.45, 7) is 4.10. The van der Waals surface area contributed by atoms with Crippen molar-refractivity contribution in [3.05, 3.63) is 83.7 Å². The van der Waals surface area contributed by atoms with Gasteiger partial charge in [0.2, 0.25) is 5.91 Å². The van der Waals surface area contributed by atoms with Crippen molar-refractivity contribution in [2.24, 2.45) is 13.0 Å². The van der Waals surface area contributed by atoms with Crippen molar-refractivity contribution in [3.8, 4) is 11.5 Å². The Kier molecular flexibility index (Phi) is 9.97. The summed E-state index contributed by atoms with van der Waals surface area (Å²) in [7, 11) is 3.63. The zero-order valence-corrected chi connectivity index (χ0v) is 25.6. The van der Waals surface area contributed by atoms with Crippen LogP contribution in [-0.4, -0.2) is 61.3 Å². The van der Waals surface area contributed by atoms with Gasteiger partial charge < -0.3 is 19.5 Å². The minimum absolute atomic E-state index is 0.00141. The Morgan fingerprint density at radius 1 is 1.14 bits per heavy atom. The summed E-state index contributed by atoms with van der Waals surface area (Å²) in [5, 5.41) is 10.6. The first kappa shape index (κ1) is 30.5. The van der Waals surface area contributed by atoms with Gasteiger partial charge in [-0.3, -0.25) is 14.5 Å². The van der Waals surface area contributed by atoms with Gasteiger partial charge in [0.1, 0.15) is 24.2 Å². The molecule has 0 saturated carbocycles. The lowest BCUT2D eigenvalue weighted by molar-refractivity contribution is -0.670. The number of rotatable bonds is 13. The number of carbonyl (C=O) groups is 2. The first-order valence-corrected chi connectivity index (χ1v) is 15.5. The fraction of sp³-hybridized carbons (Fsp3) is 0.457. The number of aromatic nitrogens is 1. The molecule has 2 aromatic carbocycles. The topological polar surface area (TPSA) is 83.2 Å². The molecule has 1 saturated heterocycles. The monoisotopic (exact) mass is 586 g/mol. The van der Waals surface area contributed by atoms with Crippen LogP contribution in [0.15, 0.2) is 67.0 Å². The normalized spacial score (nSPS) is 19.6. The van der Waals surface area contributed by atoms with Crippen LogP contribution in [0.1, 0.15) is 55.2 Å². The Hall–Kier alpha value is -3.91. The molecule has 1 N–H and O–H groups in total. The number of amides is 1. The number of carbonyl (C=O) groups excluding carboxylic acids is 1. The molecule has 0 radical (unpaired) electrons. The van der Waals surface area contributed by atoms with Gasteiger partial charge in [0.25, 0.3) is 0 Å². The van der Waals surface area contributed by atoms with E-state index in [1.165, 1.54) is 0 Å². The molecule has 2 aliphatic rings. The number of benzene rings is 2. The number of likely N-dealkylation sites (tertiary alicyclic amines) is 1. The highest BCUT2D eigenvalue weighted by Crippen LogP contribution is 2.41. The van der Waals surface area contributed by atoms with Gasteiger partial charge in [-0.25, -0.2) is 4.57 Å². The average Bonchev–Trinajstić information content (AvgIpc) is 3.62. The third kappa shape index (κ3) is 7.02. The van der Waals surface area contributed by atoms with Gasteiger partial charge in [-0.2, -0.15) is 0 Å².